The number of nitrogens with one attached hydrogen (secondary N) is 8. The molecule has 73 heavy (non-hydrogen) atoms. The molecule has 0 spiro atoms. The van der Waals surface area contributed by atoms with Crippen molar-refractivity contribution in [1.82, 2.24) is 62.4 Å². The first-order valence-corrected chi connectivity index (χ1v) is 25.0. The van der Waals surface area contributed by atoms with Crippen LogP contribution >= 0.6 is 24.8 Å². The molecule has 7 amide bonds. The first-order valence-electron chi connectivity index (χ1n) is 25.0. The van der Waals surface area contributed by atoms with Crippen LogP contribution in [0.25, 0.3) is 0 Å². The highest BCUT2D eigenvalue weighted by molar-refractivity contribution is 5.95. The minimum Gasteiger partial charge on any atom is -0.356 e. The van der Waals surface area contributed by atoms with Gasteiger partial charge < -0.3 is 47.4 Å². The molecule has 19 nitrogen and oxygen atoms in total. The number of likely N-dealkylation sites (tertiary alicyclic amines) is 1. The number of benzene rings is 2. The molecule has 1 unspecified atom stereocenters. The Bertz CT molecular complexity index is 2340. The number of carbonyl (C=O) groups is 7. The number of rotatable bonds is 21. The molecule has 2 heterocycles. The summed E-state index contributed by atoms with van der Waals surface area (Å²) in [6, 6.07) is 11.5. The number of likely N-dealkylation sites (N-methyl/N-ethyl adjacent to an activating group) is 2. The van der Waals surface area contributed by atoms with Crippen molar-refractivity contribution in [3.8, 4) is 0 Å². The van der Waals surface area contributed by atoms with Gasteiger partial charge in [-0.2, -0.15) is 0 Å². The Morgan fingerprint density at radius 1 is 0.740 bits per heavy atom. The number of halogens is 2. The number of aromatic nitrogens is 3. The molecule has 2 aliphatic rings. The maximum atomic E-state index is 14.6. The quantitative estimate of drug-likeness (QED) is 0.0767. The molecule has 21 heteroatoms. The Labute approximate surface area is 443 Å². The molecule has 1 fully saturated rings. The highest BCUT2D eigenvalue weighted by atomic mass is 35.5. The second-order valence-electron chi connectivity index (χ2n) is 21.2. The molecule has 2 aromatic carbocycles. The molecule has 1 aliphatic heterocycles. The van der Waals surface area contributed by atoms with Crippen LogP contribution < -0.4 is 42.5 Å². The molecule has 0 saturated carbocycles. The predicted octanol–water partition coefficient (Wildman–Crippen LogP) is 3.54. The molecular weight excluding hydrogens is 976 g/mol. The van der Waals surface area contributed by atoms with Crippen LogP contribution in [0.5, 0.6) is 0 Å². The average molecular weight is 1060 g/mol. The van der Waals surface area contributed by atoms with E-state index in [1.54, 1.807) is 43.7 Å². The Kier molecular flexibility index (Phi) is 23.3. The van der Waals surface area contributed by atoms with Crippen molar-refractivity contribution in [2.24, 2.45) is 10.8 Å². The number of hydrogen-bond donors (Lipinski definition) is 8. The zero-order chi connectivity index (χ0) is 52.2. The summed E-state index contributed by atoms with van der Waals surface area (Å²) >= 11 is 0. The Balaban J connectivity index is 0.00000703. The predicted molar refractivity (Wildman–Crippen MR) is 285 cm³/mol. The van der Waals surface area contributed by atoms with Crippen molar-refractivity contribution in [1.29, 1.82) is 0 Å². The third kappa shape index (κ3) is 17.0. The van der Waals surface area contributed by atoms with Crippen LogP contribution in [0.1, 0.15) is 135 Å². The van der Waals surface area contributed by atoms with E-state index >= 15 is 0 Å². The molecule has 9 atom stereocenters. The second-order valence-corrected chi connectivity index (χ2v) is 21.2. The topological polar surface area (TPSA) is 250 Å². The van der Waals surface area contributed by atoms with Gasteiger partial charge in [0.25, 0.3) is 0 Å². The van der Waals surface area contributed by atoms with Gasteiger partial charge in [0, 0.05) is 38.5 Å². The number of hydrogen-bond acceptors (Lipinski definition) is 11. The average Bonchev–Trinajstić information content (AvgIpc) is 4.01. The molecule has 8 N–H and O–H groups in total. The zero-order valence-corrected chi connectivity index (χ0v) is 45.9. The van der Waals surface area contributed by atoms with Crippen LogP contribution in [0.3, 0.4) is 0 Å². The van der Waals surface area contributed by atoms with Gasteiger partial charge >= 0.3 is 0 Å². The SMILES string of the molecule is CN[C@@H](C)C(=O)NC(C(=O)N[C@@H](CCNC(=O)CCc1cn([C@H]2C[C@@H](C(=O)N[C@@H]3CCCc4ccccc43)N(C(=O)[C@@H](NC(=O)[C@H](C)NC)C(C)(C)C)C2)nn1)C(=O)N[C@H](C)c1ccccc1)C(C)(C)C.Cl.Cl. The summed E-state index contributed by atoms with van der Waals surface area (Å²) in [7, 11) is 3.32. The van der Waals surface area contributed by atoms with E-state index in [1.165, 1.54) is 5.56 Å². The van der Waals surface area contributed by atoms with E-state index in [0.29, 0.717) is 5.69 Å². The van der Waals surface area contributed by atoms with Crippen molar-refractivity contribution in [2.45, 2.75) is 162 Å². The molecule has 1 saturated heterocycles. The summed E-state index contributed by atoms with van der Waals surface area (Å²) in [5.41, 5.74) is 2.27. The molecule has 5 rings (SSSR count). The summed E-state index contributed by atoms with van der Waals surface area (Å²) < 4.78 is 1.64. The fourth-order valence-electron chi connectivity index (χ4n) is 8.91. The fourth-order valence-corrected chi connectivity index (χ4v) is 8.91. The fraction of sp³-hybridized carbons (Fsp3) is 0.596. The van der Waals surface area contributed by atoms with E-state index in [9.17, 15) is 33.6 Å². The number of fused-ring (bicyclic) bond motifs is 1. The van der Waals surface area contributed by atoms with E-state index in [0.717, 1.165) is 30.4 Å². The lowest BCUT2D eigenvalue weighted by Crippen LogP contribution is -2.60. The van der Waals surface area contributed by atoms with Crippen molar-refractivity contribution in [2.75, 3.05) is 27.2 Å². The van der Waals surface area contributed by atoms with Gasteiger partial charge in [-0.3, -0.25) is 33.6 Å². The lowest BCUT2D eigenvalue weighted by molar-refractivity contribution is -0.144. The van der Waals surface area contributed by atoms with E-state index < -0.39 is 64.9 Å². The van der Waals surface area contributed by atoms with Crippen LogP contribution in [-0.4, -0.2) is 125 Å². The first kappa shape index (κ1) is 61.7. The summed E-state index contributed by atoms with van der Waals surface area (Å²) in [6.07, 6.45) is 4.91. The minimum atomic E-state index is -1.05. The van der Waals surface area contributed by atoms with Gasteiger partial charge in [0.05, 0.1) is 35.9 Å². The van der Waals surface area contributed by atoms with Crippen LogP contribution in [0.15, 0.2) is 60.8 Å². The minimum absolute atomic E-state index is 0. The van der Waals surface area contributed by atoms with E-state index in [2.05, 4.69) is 58.9 Å². The van der Waals surface area contributed by atoms with Crippen molar-refractivity contribution >= 4 is 66.2 Å². The lowest BCUT2D eigenvalue weighted by atomic mass is 9.85. The largest absolute Gasteiger partial charge is 0.356 e. The lowest BCUT2D eigenvalue weighted by Gasteiger charge is -2.36. The molecule has 3 aromatic rings. The highest BCUT2D eigenvalue weighted by Crippen LogP contribution is 2.34. The monoisotopic (exact) mass is 1050 g/mol. The molecule has 0 radical (unpaired) electrons. The van der Waals surface area contributed by atoms with E-state index in [4.69, 9.17) is 0 Å². The molecule has 1 aromatic heterocycles. The van der Waals surface area contributed by atoms with Crippen LogP contribution in [0, 0.1) is 10.8 Å². The highest BCUT2D eigenvalue weighted by Gasteiger charge is 2.46. The van der Waals surface area contributed by atoms with Crippen LogP contribution in [-0.2, 0) is 46.4 Å². The zero-order valence-electron chi connectivity index (χ0n) is 44.3. The van der Waals surface area contributed by atoms with Gasteiger partial charge in [0.1, 0.15) is 24.2 Å². The van der Waals surface area contributed by atoms with E-state index in [1.807, 2.05) is 97.0 Å². The van der Waals surface area contributed by atoms with Gasteiger partial charge in [-0.05, 0) is 88.1 Å². The van der Waals surface area contributed by atoms with Gasteiger partial charge in [-0.15, -0.1) is 29.9 Å². The third-order valence-corrected chi connectivity index (χ3v) is 13.6. The molecule has 404 valence electrons. The Morgan fingerprint density at radius 2 is 1.34 bits per heavy atom. The number of amides is 7. The smallest absolute Gasteiger partial charge is 0.246 e. The molecular formula is C52H80Cl2N12O7. The van der Waals surface area contributed by atoms with Gasteiger partial charge in [-0.1, -0.05) is 101 Å². The van der Waals surface area contributed by atoms with Crippen molar-refractivity contribution < 1.29 is 33.6 Å². The summed E-state index contributed by atoms with van der Waals surface area (Å²) in [6.45, 7) is 16.5. The second kappa shape index (κ2) is 27.6. The van der Waals surface area contributed by atoms with Gasteiger partial charge in [0.15, 0.2) is 0 Å². The third-order valence-electron chi connectivity index (χ3n) is 13.6. The first-order chi connectivity index (χ1) is 33.5. The van der Waals surface area contributed by atoms with Crippen molar-refractivity contribution in [3.05, 3.63) is 83.2 Å². The Morgan fingerprint density at radius 3 is 1.96 bits per heavy atom. The maximum Gasteiger partial charge on any atom is 0.246 e. The van der Waals surface area contributed by atoms with Gasteiger partial charge in [0.2, 0.25) is 41.4 Å². The maximum absolute atomic E-state index is 14.6. The summed E-state index contributed by atoms with van der Waals surface area (Å²) in [5.74, 6) is -2.66. The van der Waals surface area contributed by atoms with Crippen LogP contribution in [0.2, 0.25) is 0 Å². The number of nitrogens with zero attached hydrogens (tertiary/aromatic N) is 4. The van der Waals surface area contributed by atoms with Crippen molar-refractivity contribution in [3.63, 3.8) is 0 Å². The van der Waals surface area contributed by atoms with E-state index in [-0.39, 0.29) is 105 Å². The number of carbonyl (C=O) groups excluding carboxylic acids is 7. The summed E-state index contributed by atoms with van der Waals surface area (Å²) in [5, 5.41) is 32.3. The molecule has 0 bridgehead atoms. The standard InChI is InChI=1S/C52H78N12O7.2ClH/c1-31(34-18-13-12-14-19-34)56-47(68)40(58-49(70)43(51(4,5)6)59-45(66)32(2)53-10)26-27-55-42(65)25-24-36-29-64(62-61-36)37-28-41(48(69)57-39-23-17-21-35-20-15-16-22-38(35)39)63(30-37)50(71)44(52(7,8)9)60-46(67)33(3)54-11;;/h12-16,18-20,22,29,31-33,37,39-41,43-44,53-54H,17,21,23-28,30H2,1-11H3,(H,55,65)(H,56,68)(H,57,69)(H,58,70)(H,59,66)(H,60,67);2*1H/t31-,32+,33+,37+,39-,40+,41+,43?,44-;;/m1../s1. The molecule has 1 aliphatic carbocycles. The Hall–Kier alpha value is -5.63. The van der Waals surface area contributed by atoms with Gasteiger partial charge in [-0.25, -0.2) is 4.68 Å². The number of aryl methyl sites for hydroxylation is 2. The summed E-state index contributed by atoms with van der Waals surface area (Å²) in [4.78, 5) is 97.5. The normalized spacial score (nSPS) is 18.9. The van der Waals surface area contributed by atoms with Crippen LogP contribution in [0.4, 0.5) is 0 Å².